The molecule has 31 heavy (non-hydrogen) atoms. The Kier molecular flexibility index (Phi) is 5.34. The van der Waals surface area contributed by atoms with Gasteiger partial charge in [0, 0.05) is 25.2 Å². The van der Waals surface area contributed by atoms with Gasteiger partial charge in [-0.05, 0) is 55.5 Å². The van der Waals surface area contributed by atoms with Crippen LogP contribution in [0.3, 0.4) is 0 Å². The number of carbonyl (C=O) groups is 1. The highest BCUT2D eigenvalue weighted by Gasteiger charge is 2.32. The summed E-state index contributed by atoms with van der Waals surface area (Å²) in [7, 11) is 0. The minimum atomic E-state index is -0.319. The zero-order chi connectivity index (χ0) is 21.4. The molecule has 0 N–H and O–H groups in total. The van der Waals surface area contributed by atoms with Gasteiger partial charge < -0.3 is 4.90 Å². The topological polar surface area (TPSA) is 60.1 Å². The summed E-state index contributed by atoms with van der Waals surface area (Å²) in [6.45, 7) is 1.59. The first-order valence-electron chi connectivity index (χ1n) is 11.2. The van der Waals surface area contributed by atoms with Crippen molar-refractivity contribution in [2.45, 2.75) is 51.1 Å². The summed E-state index contributed by atoms with van der Waals surface area (Å²) < 4.78 is 17.1. The number of carbonyl (C=O) groups excluding carboxylic acids is 1. The van der Waals surface area contributed by atoms with Gasteiger partial charge in [0.2, 0.25) is 5.91 Å². The van der Waals surface area contributed by atoms with Crippen LogP contribution in [0.5, 0.6) is 0 Å². The van der Waals surface area contributed by atoms with Crippen molar-refractivity contribution in [2.75, 3.05) is 13.1 Å². The number of halogens is 1. The summed E-state index contributed by atoms with van der Waals surface area (Å²) in [4.78, 5) is 32.9. The van der Waals surface area contributed by atoms with Crippen molar-refractivity contribution in [2.24, 2.45) is 5.92 Å². The Morgan fingerprint density at radius 1 is 1.10 bits per heavy atom. The van der Waals surface area contributed by atoms with E-state index in [9.17, 15) is 14.0 Å². The third kappa shape index (κ3) is 3.77. The van der Waals surface area contributed by atoms with Gasteiger partial charge >= 0.3 is 5.69 Å². The number of benzene rings is 1. The van der Waals surface area contributed by atoms with Gasteiger partial charge in [0.1, 0.15) is 5.82 Å². The second-order valence-corrected chi connectivity index (χ2v) is 8.78. The fourth-order valence-corrected chi connectivity index (χ4v) is 5.20. The third-order valence-electron chi connectivity index (χ3n) is 6.73. The molecule has 2 aliphatic rings. The van der Waals surface area contributed by atoms with E-state index in [1.807, 2.05) is 23.1 Å². The van der Waals surface area contributed by atoms with Gasteiger partial charge in [-0.3, -0.25) is 13.9 Å². The van der Waals surface area contributed by atoms with E-state index in [2.05, 4.69) is 4.98 Å². The van der Waals surface area contributed by atoms with Crippen molar-refractivity contribution in [3.63, 3.8) is 0 Å². The van der Waals surface area contributed by atoms with Gasteiger partial charge in [-0.1, -0.05) is 25.0 Å². The Balaban J connectivity index is 1.49. The zero-order valence-corrected chi connectivity index (χ0v) is 17.5. The van der Waals surface area contributed by atoms with E-state index in [1.54, 1.807) is 21.4 Å². The Labute approximate surface area is 180 Å². The number of imidazole rings is 1. The molecule has 3 heterocycles. The third-order valence-corrected chi connectivity index (χ3v) is 6.73. The minimum Gasteiger partial charge on any atom is -0.340 e. The average molecular weight is 423 g/mol. The summed E-state index contributed by atoms with van der Waals surface area (Å²) in [5.41, 5.74) is 1.94. The van der Waals surface area contributed by atoms with Crippen LogP contribution >= 0.6 is 0 Å². The van der Waals surface area contributed by atoms with E-state index in [4.69, 9.17) is 0 Å². The average Bonchev–Trinajstić information content (AvgIpc) is 3.41. The number of likely N-dealkylation sites (tertiary alicyclic amines) is 1. The number of pyridine rings is 1. The van der Waals surface area contributed by atoms with Crippen molar-refractivity contribution in [1.82, 2.24) is 19.0 Å². The fourth-order valence-electron chi connectivity index (χ4n) is 5.20. The molecule has 1 atom stereocenters. The number of aromatic nitrogens is 3. The molecule has 2 aromatic heterocycles. The normalized spacial score (nSPS) is 19.9. The molecule has 7 heteroatoms. The number of nitrogens with zero attached hydrogens (tertiary/aromatic N) is 4. The van der Waals surface area contributed by atoms with Crippen LogP contribution < -0.4 is 5.69 Å². The quantitative estimate of drug-likeness (QED) is 0.644. The Morgan fingerprint density at radius 3 is 2.74 bits per heavy atom. The predicted molar refractivity (Wildman–Crippen MR) is 116 cm³/mol. The van der Waals surface area contributed by atoms with E-state index in [0.717, 1.165) is 56.1 Å². The van der Waals surface area contributed by atoms with E-state index in [-0.39, 0.29) is 35.9 Å². The summed E-state index contributed by atoms with van der Waals surface area (Å²) in [6.07, 6.45) is 7.62. The maximum atomic E-state index is 13.7. The lowest BCUT2D eigenvalue weighted by Gasteiger charge is -2.34. The first-order valence-corrected chi connectivity index (χ1v) is 11.2. The highest BCUT2D eigenvalue weighted by atomic mass is 19.1. The molecule has 0 unspecified atom stereocenters. The van der Waals surface area contributed by atoms with Crippen molar-refractivity contribution in [3.05, 3.63) is 64.5 Å². The predicted octanol–water partition coefficient (Wildman–Crippen LogP) is 3.74. The van der Waals surface area contributed by atoms with Gasteiger partial charge in [-0.15, -0.1) is 0 Å². The van der Waals surface area contributed by atoms with Crippen molar-refractivity contribution >= 4 is 17.1 Å². The van der Waals surface area contributed by atoms with Crippen molar-refractivity contribution in [3.8, 4) is 0 Å². The van der Waals surface area contributed by atoms with Gasteiger partial charge in [0.05, 0.1) is 18.1 Å². The Hall–Kier alpha value is -2.96. The molecule has 0 spiro atoms. The largest absolute Gasteiger partial charge is 0.340 e. The molecule has 5 rings (SSSR count). The summed E-state index contributed by atoms with van der Waals surface area (Å²) >= 11 is 0. The molecule has 2 fully saturated rings. The SMILES string of the molecule is O=C(C1CCCC1)N1CCC[C@H](n2c(=O)n(Cc3cccc(F)c3)c3cccnc32)C1. The Bertz CT molecular complexity index is 1160. The van der Waals surface area contributed by atoms with Crippen LogP contribution in [-0.4, -0.2) is 38.0 Å². The highest BCUT2D eigenvalue weighted by Crippen LogP contribution is 2.30. The van der Waals surface area contributed by atoms with Gasteiger partial charge in [0.15, 0.2) is 5.65 Å². The second-order valence-electron chi connectivity index (χ2n) is 8.78. The minimum absolute atomic E-state index is 0.0993. The lowest BCUT2D eigenvalue weighted by Crippen LogP contribution is -2.45. The van der Waals surface area contributed by atoms with E-state index >= 15 is 0 Å². The molecule has 0 bridgehead atoms. The molecule has 1 saturated carbocycles. The molecule has 6 nitrogen and oxygen atoms in total. The fraction of sp³-hybridized carbons (Fsp3) is 0.458. The Morgan fingerprint density at radius 2 is 1.94 bits per heavy atom. The molecule has 162 valence electrons. The second kappa shape index (κ2) is 8.29. The number of fused-ring (bicyclic) bond motifs is 1. The number of rotatable bonds is 4. The zero-order valence-electron chi connectivity index (χ0n) is 17.5. The van der Waals surface area contributed by atoms with Crippen LogP contribution in [0, 0.1) is 11.7 Å². The smallest absolute Gasteiger partial charge is 0.330 e. The van der Waals surface area contributed by atoms with Crippen LogP contribution in [0.2, 0.25) is 0 Å². The van der Waals surface area contributed by atoms with Gasteiger partial charge in [-0.2, -0.15) is 0 Å². The molecular formula is C24H27FN4O2. The summed E-state index contributed by atoms with van der Waals surface area (Å²) in [5, 5.41) is 0. The van der Waals surface area contributed by atoms with Crippen LogP contribution in [0.4, 0.5) is 4.39 Å². The molecule has 3 aromatic rings. The summed E-state index contributed by atoms with van der Waals surface area (Å²) in [5.74, 6) is 0.0652. The highest BCUT2D eigenvalue weighted by molar-refractivity contribution is 5.79. The first kappa shape index (κ1) is 20.0. The maximum Gasteiger partial charge on any atom is 0.330 e. The number of hydrogen-bond acceptors (Lipinski definition) is 3. The van der Waals surface area contributed by atoms with Crippen molar-refractivity contribution < 1.29 is 9.18 Å². The molecular weight excluding hydrogens is 395 g/mol. The van der Waals surface area contributed by atoms with Crippen LogP contribution in [0.25, 0.3) is 11.2 Å². The molecule has 1 aliphatic heterocycles. The lowest BCUT2D eigenvalue weighted by molar-refractivity contribution is -0.137. The number of amides is 1. The lowest BCUT2D eigenvalue weighted by atomic mass is 10.0. The van der Waals surface area contributed by atoms with E-state index in [0.29, 0.717) is 12.2 Å². The number of hydrogen-bond donors (Lipinski definition) is 0. The van der Waals surface area contributed by atoms with E-state index in [1.165, 1.54) is 12.1 Å². The van der Waals surface area contributed by atoms with E-state index < -0.39 is 0 Å². The monoisotopic (exact) mass is 422 g/mol. The van der Waals surface area contributed by atoms with Crippen LogP contribution in [0.15, 0.2) is 47.4 Å². The molecule has 1 saturated heterocycles. The van der Waals surface area contributed by atoms with Crippen molar-refractivity contribution in [1.29, 1.82) is 0 Å². The summed E-state index contributed by atoms with van der Waals surface area (Å²) in [6, 6.07) is 9.91. The molecule has 1 aromatic carbocycles. The van der Waals surface area contributed by atoms with Crippen LogP contribution in [-0.2, 0) is 11.3 Å². The van der Waals surface area contributed by atoms with Gasteiger partial charge in [-0.25, -0.2) is 14.2 Å². The van der Waals surface area contributed by atoms with Gasteiger partial charge in [0.25, 0.3) is 0 Å². The molecule has 0 radical (unpaired) electrons. The maximum absolute atomic E-state index is 13.7. The molecule has 1 aliphatic carbocycles. The standard InChI is InChI=1S/C24H27FN4O2/c25-19-9-3-6-17(14-19)15-28-21-11-4-12-26-22(21)29(24(28)31)20-10-5-13-27(16-20)23(30)18-7-1-2-8-18/h3-4,6,9,11-12,14,18,20H,1-2,5,7-8,10,13,15-16H2/t20-/m0/s1. The van der Waals surface area contributed by atoms with Crippen LogP contribution in [0.1, 0.15) is 50.1 Å². The number of piperidine rings is 1. The first-order chi connectivity index (χ1) is 15.1. The molecule has 1 amide bonds.